The van der Waals surface area contributed by atoms with E-state index in [0.29, 0.717) is 25.0 Å². The summed E-state index contributed by atoms with van der Waals surface area (Å²) in [6.07, 6.45) is 2.11. The fourth-order valence-corrected chi connectivity index (χ4v) is 2.97. The van der Waals surface area contributed by atoms with Crippen molar-refractivity contribution in [3.63, 3.8) is 0 Å². The van der Waals surface area contributed by atoms with E-state index in [1.807, 2.05) is 19.1 Å². The zero-order valence-corrected chi connectivity index (χ0v) is 14.0. The molecule has 1 heterocycles. The number of benzene rings is 1. The highest BCUT2D eigenvalue weighted by molar-refractivity contribution is 9.10. The third kappa shape index (κ3) is 4.27. The van der Waals surface area contributed by atoms with Crippen LogP contribution in [0.3, 0.4) is 0 Å². The molecule has 1 aromatic rings. The van der Waals surface area contributed by atoms with Crippen LogP contribution in [0.15, 0.2) is 16.6 Å². The van der Waals surface area contributed by atoms with Gasteiger partial charge in [-0.2, -0.15) is 0 Å². The van der Waals surface area contributed by atoms with Crippen molar-refractivity contribution in [2.75, 3.05) is 26.4 Å². The summed E-state index contributed by atoms with van der Waals surface area (Å²) in [5.41, 5.74) is 1.01. The number of rotatable bonds is 6. The molecule has 2 rings (SSSR count). The van der Waals surface area contributed by atoms with Crippen molar-refractivity contribution in [1.29, 1.82) is 0 Å². The van der Waals surface area contributed by atoms with Gasteiger partial charge in [0.1, 0.15) is 0 Å². The van der Waals surface area contributed by atoms with Crippen LogP contribution in [-0.4, -0.2) is 26.4 Å². The van der Waals surface area contributed by atoms with E-state index >= 15 is 0 Å². The van der Waals surface area contributed by atoms with E-state index in [1.165, 1.54) is 0 Å². The lowest BCUT2D eigenvalue weighted by Gasteiger charge is -2.23. The molecule has 1 fully saturated rings. The molecule has 0 N–H and O–H groups in total. The molecule has 0 aromatic heterocycles. The summed E-state index contributed by atoms with van der Waals surface area (Å²) in [5.74, 6) is 2.54. The number of hydrogen-bond acceptors (Lipinski definition) is 3. The van der Waals surface area contributed by atoms with Crippen LogP contribution in [0, 0.1) is 5.92 Å². The molecule has 112 valence electrons. The van der Waals surface area contributed by atoms with Crippen molar-refractivity contribution in [1.82, 2.24) is 0 Å². The molecule has 0 radical (unpaired) electrons. The average Bonchev–Trinajstić information content (AvgIpc) is 2.47. The van der Waals surface area contributed by atoms with Gasteiger partial charge in [0.25, 0.3) is 0 Å². The third-order valence-electron chi connectivity index (χ3n) is 3.33. The van der Waals surface area contributed by atoms with Crippen LogP contribution in [0.2, 0.25) is 0 Å². The van der Waals surface area contributed by atoms with Crippen LogP contribution in [0.25, 0.3) is 0 Å². The largest absolute Gasteiger partial charge is 0.490 e. The second kappa shape index (κ2) is 8.11. The Balaban J connectivity index is 2.08. The summed E-state index contributed by atoms with van der Waals surface area (Å²) in [4.78, 5) is 0. The van der Waals surface area contributed by atoms with Crippen LogP contribution in [0.5, 0.6) is 11.5 Å². The standard InChI is InChI=1S/C15H20BrClO3/c1-2-19-14-8-12(9-17)7-13(16)15(14)20-10-11-3-5-18-6-4-11/h7-8,11H,2-6,9-10H2,1H3. The van der Waals surface area contributed by atoms with Crippen molar-refractivity contribution in [3.8, 4) is 11.5 Å². The first-order valence-corrected chi connectivity index (χ1v) is 8.29. The fraction of sp³-hybridized carbons (Fsp3) is 0.600. The van der Waals surface area contributed by atoms with Gasteiger partial charge in [0, 0.05) is 19.1 Å². The molecular formula is C15H20BrClO3. The lowest BCUT2D eigenvalue weighted by Crippen LogP contribution is -2.21. The van der Waals surface area contributed by atoms with Gasteiger partial charge < -0.3 is 14.2 Å². The molecule has 0 saturated carbocycles. The van der Waals surface area contributed by atoms with E-state index in [9.17, 15) is 0 Å². The van der Waals surface area contributed by atoms with Gasteiger partial charge in [-0.1, -0.05) is 0 Å². The van der Waals surface area contributed by atoms with E-state index in [4.69, 9.17) is 25.8 Å². The van der Waals surface area contributed by atoms with Crippen molar-refractivity contribution in [2.24, 2.45) is 5.92 Å². The van der Waals surface area contributed by atoms with Gasteiger partial charge in [0.15, 0.2) is 11.5 Å². The average molecular weight is 364 g/mol. The molecular weight excluding hydrogens is 344 g/mol. The molecule has 0 aliphatic carbocycles. The predicted octanol–water partition coefficient (Wildman–Crippen LogP) is 4.39. The summed E-state index contributed by atoms with van der Waals surface area (Å²) in [7, 11) is 0. The molecule has 0 bridgehead atoms. The third-order valence-corrected chi connectivity index (χ3v) is 4.23. The molecule has 0 atom stereocenters. The summed E-state index contributed by atoms with van der Waals surface area (Å²) in [5, 5.41) is 0. The lowest BCUT2D eigenvalue weighted by atomic mass is 10.0. The Morgan fingerprint density at radius 3 is 2.70 bits per heavy atom. The number of hydrogen-bond donors (Lipinski definition) is 0. The molecule has 3 nitrogen and oxygen atoms in total. The highest BCUT2D eigenvalue weighted by Crippen LogP contribution is 2.38. The minimum absolute atomic E-state index is 0.457. The summed E-state index contributed by atoms with van der Waals surface area (Å²) < 4.78 is 17.9. The molecule has 0 spiro atoms. The van der Waals surface area contributed by atoms with Gasteiger partial charge >= 0.3 is 0 Å². The van der Waals surface area contributed by atoms with Gasteiger partial charge in [-0.3, -0.25) is 0 Å². The molecule has 0 unspecified atom stereocenters. The first-order valence-electron chi connectivity index (χ1n) is 6.96. The van der Waals surface area contributed by atoms with Crippen LogP contribution >= 0.6 is 27.5 Å². The van der Waals surface area contributed by atoms with E-state index in [1.54, 1.807) is 0 Å². The second-order valence-electron chi connectivity index (χ2n) is 4.84. The van der Waals surface area contributed by atoms with E-state index in [0.717, 1.165) is 47.6 Å². The van der Waals surface area contributed by atoms with E-state index in [-0.39, 0.29) is 0 Å². The van der Waals surface area contributed by atoms with Crippen molar-refractivity contribution < 1.29 is 14.2 Å². The number of ether oxygens (including phenoxy) is 3. The molecule has 5 heteroatoms. The normalized spacial score (nSPS) is 16.1. The van der Waals surface area contributed by atoms with Crippen LogP contribution in [0.1, 0.15) is 25.3 Å². The maximum Gasteiger partial charge on any atom is 0.175 e. The lowest BCUT2D eigenvalue weighted by molar-refractivity contribution is 0.0491. The molecule has 1 aromatic carbocycles. The minimum atomic E-state index is 0.457. The Morgan fingerprint density at radius 1 is 1.30 bits per heavy atom. The van der Waals surface area contributed by atoms with Crippen LogP contribution in [-0.2, 0) is 10.6 Å². The Morgan fingerprint density at radius 2 is 2.05 bits per heavy atom. The van der Waals surface area contributed by atoms with Crippen molar-refractivity contribution >= 4 is 27.5 Å². The summed E-state index contributed by atoms with van der Waals surface area (Å²) in [6, 6.07) is 3.93. The maximum atomic E-state index is 5.99. The zero-order chi connectivity index (χ0) is 14.4. The SMILES string of the molecule is CCOc1cc(CCl)cc(Br)c1OCC1CCOCC1. The predicted molar refractivity (Wildman–Crippen MR) is 83.9 cm³/mol. The Hall–Kier alpha value is -0.450. The number of alkyl halides is 1. The van der Waals surface area contributed by atoms with Gasteiger partial charge in [0.2, 0.25) is 0 Å². The monoisotopic (exact) mass is 362 g/mol. The Kier molecular flexibility index (Phi) is 6.46. The molecule has 1 aliphatic rings. The van der Waals surface area contributed by atoms with Gasteiger partial charge in [-0.25, -0.2) is 0 Å². The van der Waals surface area contributed by atoms with E-state index in [2.05, 4.69) is 15.9 Å². The highest BCUT2D eigenvalue weighted by atomic mass is 79.9. The summed E-state index contributed by atoms with van der Waals surface area (Å²) in [6.45, 7) is 4.93. The topological polar surface area (TPSA) is 27.7 Å². The van der Waals surface area contributed by atoms with E-state index < -0.39 is 0 Å². The second-order valence-corrected chi connectivity index (χ2v) is 5.96. The summed E-state index contributed by atoms with van der Waals surface area (Å²) >= 11 is 9.44. The van der Waals surface area contributed by atoms with Crippen molar-refractivity contribution in [3.05, 3.63) is 22.2 Å². The first-order chi connectivity index (χ1) is 9.74. The van der Waals surface area contributed by atoms with Gasteiger partial charge in [0.05, 0.1) is 17.7 Å². The van der Waals surface area contributed by atoms with Gasteiger partial charge in [-0.05, 0) is 59.3 Å². The molecule has 1 saturated heterocycles. The zero-order valence-electron chi connectivity index (χ0n) is 11.7. The van der Waals surface area contributed by atoms with Crippen molar-refractivity contribution in [2.45, 2.75) is 25.6 Å². The molecule has 0 amide bonds. The highest BCUT2D eigenvalue weighted by Gasteiger charge is 2.17. The van der Waals surface area contributed by atoms with Crippen LogP contribution in [0.4, 0.5) is 0 Å². The Labute approximate surface area is 133 Å². The molecule has 20 heavy (non-hydrogen) atoms. The molecule has 1 aliphatic heterocycles. The quantitative estimate of drug-likeness (QED) is 0.701. The number of halogens is 2. The Bertz CT molecular complexity index is 433. The van der Waals surface area contributed by atoms with Gasteiger partial charge in [-0.15, -0.1) is 11.6 Å². The van der Waals surface area contributed by atoms with Crippen LogP contribution < -0.4 is 9.47 Å². The maximum absolute atomic E-state index is 5.99. The smallest absolute Gasteiger partial charge is 0.175 e. The fourth-order valence-electron chi connectivity index (χ4n) is 2.22. The minimum Gasteiger partial charge on any atom is -0.490 e. The first kappa shape index (κ1) is 15.9.